The summed E-state index contributed by atoms with van der Waals surface area (Å²) in [5.41, 5.74) is 3.19. The van der Waals surface area contributed by atoms with Crippen molar-refractivity contribution in [1.29, 1.82) is 0 Å². The molecular weight excluding hydrogens is 370 g/mol. The maximum absolute atomic E-state index is 13.3. The van der Waals surface area contributed by atoms with Gasteiger partial charge >= 0.3 is 0 Å². The highest BCUT2D eigenvalue weighted by molar-refractivity contribution is 7.14. The van der Waals surface area contributed by atoms with Crippen molar-refractivity contribution in [3.8, 4) is 0 Å². The molecule has 1 aromatic carbocycles. The molecule has 28 heavy (non-hydrogen) atoms. The van der Waals surface area contributed by atoms with E-state index in [0.29, 0.717) is 0 Å². The Labute approximate surface area is 166 Å². The number of aromatic nitrogens is 1. The Morgan fingerprint density at radius 3 is 2.93 bits per heavy atom. The predicted molar refractivity (Wildman–Crippen MR) is 110 cm³/mol. The standard InChI is InChI=1S/C21H19N5OS/c1-13-10-19(28-12-13)25-9-7-18-20(21(25)27)26(24-23-18)14(2)15-5-6-17-16(11-15)4-3-8-22-17/h3-12,14,18,20H,1-2H3/t14-,18?,20?/m1/s1. The van der Waals surface area contributed by atoms with Crippen molar-refractivity contribution in [2.45, 2.75) is 32.0 Å². The van der Waals surface area contributed by atoms with Gasteiger partial charge in [0.2, 0.25) is 0 Å². The van der Waals surface area contributed by atoms with Gasteiger partial charge in [0.05, 0.1) is 11.6 Å². The minimum absolute atomic E-state index is 0.00801. The molecule has 6 nitrogen and oxygen atoms in total. The molecule has 7 heteroatoms. The van der Waals surface area contributed by atoms with Gasteiger partial charge in [0.15, 0.2) is 6.04 Å². The highest BCUT2D eigenvalue weighted by atomic mass is 32.1. The predicted octanol–water partition coefficient (Wildman–Crippen LogP) is 4.65. The fourth-order valence-corrected chi connectivity index (χ4v) is 4.63. The summed E-state index contributed by atoms with van der Waals surface area (Å²) in [4.78, 5) is 19.4. The van der Waals surface area contributed by atoms with E-state index in [1.165, 1.54) is 0 Å². The molecule has 0 N–H and O–H groups in total. The second-order valence-corrected chi connectivity index (χ2v) is 8.05. The smallest absolute Gasteiger partial charge is 0.258 e. The van der Waals surface area contributed by atoms with Crippen LogP contribution in [0.4, 0.5) is 5.00 Å². The van der Waals surface area contributed by atoms with Crippen LogP contribution in [0.25, 0.3) is 10.9 Å². The number of carbonyl (C=O) groups is 1. The quantitative estimate of drug-likeness (QED) is 0.655. The van der Waals surface area contributed by atoms with Crippen LogP contribution in [0.15, 0.2) is 70.6 Å². The van der Waals surface area contributed by atoms with E-state index in [1.807, 2.05) is 54.5 Å². The lowest BCUT2D eigenvalue weighted by atomic mass is 9.99. The summed E-state index contributed by atoms with van der Waals surface area (Å²) >= 11 is 1.57. The molecule has 2 unspecified atom stereocenters. The van der Waals surface area contributed by atoms with E-state index >= 15 is 0 Å². The van der Waals surface area contributed by atoms with Gasteiger partial charge in [-0.25, -0.2) is 0 Å². The van der Waals surface area contributed by atoms with Gasteiger partial charge in [0.1, 0.15) is 11.0 Å². The van der Waals surface area contributed by atoms with Crippen LogP contribution in [0, 0.1) is 6.92 Å². The Morgan fingerprint density at radius 1 is 1.21 bits per heavy atom. The van der Waals surface area contributed by atoms with Gasteiger partial charge < -0.3 is 0 Å². The molecule has 0 aliphatic carbocycles. The summed E-state index contributed by atoms with van der Waals surface area (Å²) in [5, 5.41) is 14.6. The maximum atomic E-state index is 13.3. The number of thiophene rings is 1. The highest BCUT2D eigenvalue weighted by Gasteiger charge is 2.44. The van der Waals surface area contributed by atoms with Crippen LogP contribution < -0.4 is 4.90 Å². The third-order valence-electron chi connectivity index (χ3n) is 5.28. The van der Waals surface area contributed by atoms with Gasteiger partial charge in [-0.05, 0) is 60.7 Å². The third-order valence-corrected chi connectivity index (χ3v) is 6.33. The number of fused-ring (bicyclic) bond motifs is 2. The molecule has 0 saturated carbocycles. The van der Waals surface area contributed by atoms with E-state index in [-0.39, 0.29) is 18.0 Å². The lowest BCUT2D eigenvalue weighted by Gasteiger charge is -2.34. The number of benzene rings is 1. The first-order valence-electron chi connectivity index (χ1n) is 9.22. The highest BCUT2D eigenvalue weighted by Crippen LogP contribution is 2.36. The van der Waals surface area contributed by atoms with Crippen molar-refractivity contribution in [2.24, 2.45) is 10.3 Å². The number of aryl methyl sites for hydroxylation is 1. The average molecular weight is 389 g/mol. The number of pyridine rings is 1. The summed E-state index contributed by atoms with van der Waals surface area (Å²) in [6.07, 6.45) is 5.57. The first kappa shape index (κ1) is 17.1. The number of hydrogen-bond acceptors (Lipinski definition) is 6. The SMILES string of the molecule is Cc1csc(N2C=CC3N=NN([C@H](C)c4ccc5ncccc5c4)C3C2=O)c1. The Balaban J connectivity index is 1.46. The summed E-state index contributed by atoms with van der Waals surface area (Å²) in [5.74, 6) is 0.00801. The van der Waals surface area contributed by atoms with Crippen LogP contribution in [0.1, 0.15) is 24.1 Å². The topological polar surface area (TPSA) is 61.2 Å². The Hall–Kier alpha value is -3.06. The van der Waals surface area contributed by atoms with Crippen LogP contribution in [-0.2, 0) is 4.79 Å². The van der Waals surface area contributed by atoms with Crippen LogP contribution in [0.2, 0.25) is 0 Å². The number of hydrogen-bond donors (Lipinski definition) is 0. The van der Waals surface area contributed by atoms with Crippen LogP contribution >= 0.6 is 11.3 Å². The summed E-state index contributed by atoms with van der Waals surface area (Å²) < 4.78 is 0. The monoisotopic (exact) mass is 389 g/mol. The van der Waals surface area contributed by atoms with E-state index in [9.17, 15) is 4.79 Å². The lowest BCUT2D eigenvalue weighted by Crippen LogP contribution is -2.50. The summed E-state index contributed by atoms with van der Waals surface area (Å²) in [7, 11) is 0. The third kappa shape index (κ3) is 2.70. The van der Waals surface area contributed by atoms with Gasteiger partial charge in [0, 0.05) is 17.8 Å². The molecule has 0 bridgehead atoms. The Morgan fingerprint density at radius 2 is 2.11 bits per heavy atom. The van der Waals surface area contributed by atoms with Gasteiger partial charge in [-0.3, -0.25) is 19.7 Å². The number of rotatable bonds is 3. The van der Waals surface area contributed by atoms with Crippen LogP contribution in [-0.4, -0.2) is 28.0 Å². The summed E-state index contributed by atoms with van der Waals surface area (Å²) in [6.45, 7) is 4.09. The Bertz CT molecular complexity index is 1120. The van der Waals surface area contributed by atoms with Gasteiger partial charge in [-0.15, -0.1) is 11.3 Å². The molecule has 2 aromatic heterocycles. The molecule has 0 saturated heterocycles. The number of carbonyl (C=O) groups excluding carboxylic acids is 1. The maximum Gasteiger partial charge on any atom is 0.258 e. The fourth-order valence-electron chi connectivity index (χ4n) is 3.74. The average Bonchev–Trinajstić information content (AvgIpc) is 3.34. The van der Waals surface area contributed by atoms with Crippen molar-refractivity contribution in [3.63, 3.8) is 0 Å². The summed E-state index contributed by atoms with van der Waals surface area (Å²) in [6, 6.07) is 11.4. The molecule has 2 aliphatic heterocycles. The minimum atomic E-state index is -0.424. The second-order valence-electron chi connectivity index (χ2n) is 7.16. The first-order chi connectivity index (χ1) is 13.6. The van der Waals surface area contributed by atoms with Crippen molar-refractivity contribution < 1.29 is 4.79 Å². The normalized spacial score (nSPS) is 22.1. The van der Waals surface area contributed by atoms with Crippen molar-refractivity contribution in [1.82, 2.24) is 9.99 Å². The fraction of sp³-hybridized carbons (Fsp3) is 0.238. The largest absolute Gasteiger partial charge is 0.277 e. The van der Waals surface area contributed by atoms with Gasteiger partial charge in [0.25, 0.3) is 5.91 Å². The van der Waals surface area contributed by atoms with Crippen molar-refractivity contribution in [2.75, 3.05) is 4.90 Å². The van der Waals surface area contributed by atoms with Crippen LogP contribution in [0.3, 0.4) is 0 Å². The van der Waals surface area contributed by atoms with Crippen molar-refractivity contribution >= 4 is 33.1 Å². The molecule has 140 valence electrons. The zero-order valence-corrected chi connectivity index (χ0v) is 16.4. The van der Waals surface area contributed by atoms with Crippen molar-refractivity contribution in [3.05, 3.63) is 71.4 Å². The van der Waals surface area contributed by atoms with E-state index in [0.717, 1.165) is 27.0 Å². The molecule has 1 amide bonds. The lowest BCUT2D eigenvalue weighted by molar-refractivity contribution is -0.123. The molecule has 0 spiro atoms. The molecule has 4 heterocycles. The first-order valence-corrected chi connectivity index (χ1v) is 10.1. The molecule has 2 aliphatic rings. The van der Waals surface area contributed by atoms with Crippen LogP contribution in [0.5, 0.6) is 0 Å². The number of amides is 1. The van der Waals surface area contributed by atoms with Gasteiger partial charge in [-0.1, -0.05) is 17.4 Å². The molecular formula is C21H19N5OS. The van der Waals surface area contributed by atoms with E-state index in [2.05, 4.69) is 33.7 Å². The number of anilines is 1. The zero-order valence-electron chi connectivity index (χ0n) is 15.6. The number of nitrogens with zero attached hydrogens (tertiary/aromatic N) is 5. The molecule has 0 radical (unpaired) electrons. The molecule has 0 fully saturated rings. The second kappa shape index (κ2) is 6.53. The van der Waals surface area contributed by atoms with E-state index < -0.39 is 6.04 Å². The Kier molecular flexibility index (Phi) is 3.98. The molecule has 3 aromatic rings. The molecule has 3 atom stereocenters. The van der Waals surface area contributed by atoms with E-state index in [4.69, 9.17) is 0 Å². The molecule has 5 rings (SSSR count). The van der Waals surface area contributed by atoms with E-state index in [1.54, 1.807) is 22.4 Å². The minimum Gasteiger partial charge on any atom is -0.277 e. The van der Waals surface area contributed by atoms with Gasteiger partial charge in [-0.2, -0.15) is 5.11 Å². The zero-order chi connectivity index (χ0) is 19.3.